The fourth-order valence-corrected chi connectivity index (χ4v) is 1.93. The summed E-state index contributed by atoms with van der Waals surface area (Å²) in [7, 11) is 0. The van der Waals surface area contributed by atoms with Gasteiger partial charge in [0.15, 0.2) is 0 Å². The molecular weight excluding hydrogens is 230 g/mol. The second kappa shape index (κ2) is 6.42. The highest BCUT2D eigenvalue weighted by atomic mass is 35.5. The Kier molecular flexibility index (Phi) is 5.48. The van der Waals surface area contributed by atoms with E-state index in [1.54, 1.807) is 0 Å². The summed E-state index contributed by atoms with van der Waals surface area (Å²) in [5, 5.41) is 4.46. The summed E-state index contributed by atoms with van der Waals surface area (Å²) >= 11 is 5.92. The van der Waals surface area contributed by atoms with Gasteiger partial charge in [-0.05, 0) is 29.5 Å². The quantitative estimate of drug-likeness (QED) is 0.794. The number of halogens is 1. The molecule has 0 amide bonds. The van der Waals surface area contributed by atoms with Crippen molar-refractivity contribution < 1.29 is 0 Å². The highest BCUT2D eigenvalue weighted by Gasteiger charge is 2.15. The zero-order valence-electron chi connectivity index (χ0n) is 11.4. The van der Waals surface area contributed by atoms with Gasteiger partial charge >= 0.3 is 0 Å². The predicted octanol–water partition coefficient (Wildman–Crippen LogP) is 4.82. The van der Waals surface area contributed by atoms with Crippen molar-refractivity contribution in [3.63, 3.8) is 0 Å². The molecule has 0 aliphatic heterocycles. The third-order valence-corrected chi connectivity index (χ3v) is 2.98. The van der Waals surface area contributed by atoms with Gasteiger partial charge in [-0.3, -0.25) is 0 Å². The van der Waals surface area contributed by atoms with E-state index in [-0.39, 0.29) is 0 Å². The Labute approximate surface area is 111 Å². The highest BCUT2D eigenvalue weighted by molar-refractivity contribution is 6.30. The Morgan fingerprint density at radius 3 is 2.24 bits per heavy atom. The Hall–Kier alpha value is -0.530. The molecule has 96 valence electrons. The summed E-state index contributed by atoms with van der Waals surface area (Å²) in [6, 6.07) is 8.63. The highest BCUT2D eigenvalue weighted by Crippen LogP contribution is 2.22. The number of hydrogen-bond acceptors (Lipinski definition) is 1. The minimum Gasteiger partial charge on any atom is -0.309 e. The van der Waals surface area contributed by atoms with Crippen LogP contribution < -0.4 is 5.32 Å². The molecule has 0 aliphatic carbocycles. The van der Waals surface area contributed by atoms with E-state index >= 15 is 0 Å². The van der Waals surface area contributed by atoms with Crippen LogP contribution in [0.4, 0.5) is 0 Å². The van der Waals surface area contributed by atoms with Crippen LogP contribution in [-0.4, -0.2) is 6.54 Å². The summed E-state index contributed by atoms with van der Waals surface area (Å²) in [6.45, 7) is 10.0. The van der Waals surface area contributed by atoms with Crippen LogP contribution in [0.1, 0.15) is 52.1 Å². The van der Waals surface area contributed by atoms with Crippen LogP contribution in [0.15, 0.2) is 24.3 Å². The second-order valence-electron chi connectivity index (χ2n) is 5.83. The molecule has 1 aromatic carbocycles. The molecule has 0 bridgehead atoms. The maximum absolute atomic E-state index is 5.92. The molecule has 0 saturated heterocycles. The van der Waals surface area contributed by atoms with E-state index in [1.165, 1.54) is 12.0 Å². The smallest absolute Gasteiger partial charge is 0.0406 e. The molecule has 1 atom stereocenters. The third kappa shape index (κ3) is 5.56. The van der Waals surface area contributed by atoms with Crippen molar-refractivity contribution in [2.24, 2.45) is 5.41 Å². The molecule has 0 aliphatic rings. The van der Waals surface area contributed by atoms with E-state index in [0.29, 0.717) is 11.5 Å². The molecule has 1 unspecified atom stereocenters. The fourth-order valence-electron chi connectivity index (χ4n) is 1.80. The zero-order chi connectivity index (χ0) is 12.9. The lowest BCUT2D eigenvalue weighted by atomic mass is 9.95. The van der Waals surface area contributed by atoms with Gasteiger partial charge in [-0.1, -0.05) is 57.8 Å². The number of benzene rings is 1. The number of rotatable bonds is 5. The van der Waals surface area contributed by atoms with E-state index in [0.717, 1.165) is 18.0 Å². The molecule has 0 spiro atoms. The van der Waals surface area contributed by atoms with Gasteiger partial charge in [0.05, 0.1) is 0 Å². The SMILES string of the molecule is CCCC(NCC(C)(C)C)c1ccc(Cl)cc1. The van der Waals surface area contributed by atoms with Gasteiger partial charge in [-0.2, -0.15) is 0 Å². The van der Waals surface area contributed by atoms with Crippen LogP contribution in [0.5, 0.6) is 0 Å². The van der Waals surface area contributed by atoms with Crippen molar-refractivity contribution in [2.75, 3.05) is 6.54 Å². The number of nitrogens with one attached hydrogen (secondary N) is 1. The fraction of sp³-hybridized carbons (Fsp3) is 0.600. The summed E-state index contributed by atoms with van der Waals surface area (Å²) in [6.07, 6.45) is 2.35. The van der Waals surface area contributed by atoms with Gasteiger partial charge in [-0.25, -0.2) is 0 Å². The molecule has 0 radical (unpaired) electrons. The van der Waals surface area contributed by atoms with Crippen LogP contribution in [0, 0.1) is 5.41 Å². The first kappa shape index (κ1) is 14.5. The van der Waals surface area contributed by atoms with Crippen molar-refractivity contribution in [1.29, 1.82) is 0 Å². The lowest BCUT2D eigenvalue weighted by Gasteiger charge is -2.25. The van der Waals surface area contributed by atoms with E-state index in [4.69, 9.17) is 11.6 Å². The predicted molar refractivity (Wildman–Crippen MR) is 76.6 cm³/mol. The van der Waals surface area contributed by atoms with Crippen molar-refractivity contribution in [1.82, 2.24) is 5.32 Å². The van der Waals surface area contributed by atoms with Gasteiger partial charge in [-0.15, -0.1) is 0 Å². The molecule has 1 aromatic rings. The minimum absolute atomic E-state index is 0.318. The summed E-state index contributed by atoms with van der Waals surface area (Å²) in [5.41, 5.74) is 1.65. The summed E-state index contributed by atoms with van der Waals surface area (Å²) in [4.78, 5) is 0. The van der Waals surface area contributed by atoms with Gasteiger partial charge in [0.2, 0.25) is 0 Å². The van der Waals surface area contributed by atoms with E-state index in [1.807, 2.05) is 12.1 Å². The van der Waals surface area contributed by atoms with Gasteiger partial charge in [0, 0.05) is 17.6 Å². The molecule has 2 heteroatoms. The molecule has 0 heterocycles. The normalized spacial score (nSPS) is 13.7. The topological polar surface area (TPSA) is 12.0 Å². The van der Waals surface area contributed by atoms with Crippen molar-refractivity contribution in [3.8, 4) is 0 Å². The standard InChI is InChI=1S/C15H24ClN/c1-5-6-14(17-11-15(2,3)4)12-7-9-13(16)10-8-12/h7-10,14,17H,5-6,11H2,1-4H3. The molecule has 1 N–H and O–H groups in total. The van der Waals surface area contributed by atoms with Gasteiger partial charge in [0.1, 0.15) is 0 Å². The zero-order valence-corrected chi connectivity index (χ0v) is 12.1. The van der Waals surface area contributed by atoms with Crippen LogP contribution in [-0.2, 0) is 0 Å². The Bertz CT molecular complexity index is 324. The molecular formula is C15H24ClN. The Balaban J connectivity index is 2.68. The molecule has 17 heavy (non-hydrogen) atoms. The largest absolute Gasteiger partial charge is 0.309 e. The Morgan fingerprint density at radius 1 is 1.18 bits per heavy atom. The van der Waals surface area contributed by atoms with Crippen molar-refractivity contribution >= 4 is 11.6 Å². The summed E-state index contributed by atoms with van der Waals surface area (Å²) < 4.78 is 0. The summed E-state index contributed by atoms with van der Waals surface area (Å²) in [5.74, 6) is 0. The average Bonchev–Trinajstić information content (AvgIpc) is 2.24. The average molecular weight is 254 g/mol. The van der Waals surface area contributed by atoms with Crippen molar-refractivity contribution in [3.05, 3.63) is 34.9 Å². The third-order valence-electron chi connectivity index (χ3n) is 2.73. The minimum atomic E-state index is 0.318. The first-order valence-electron chi connectivity index (χ1n) is 6.41. The van der Waals surface area contributed by atoms with E-state index in [9.17, 15) is 0 Å². The monoisotopic (exact) mass is 253 g/mol. The number of hydrogen-bond donors (Lipinski definition) is 1. The van der Waals surface area contributed by atoms with Gasteiger partial charge < -0.3 is 5.32 Å². The Morgan fingerprint density at radius 2 is 1.76 bits per heavy atom. The first-order chi connectivity index (χ1) is 7.92. The van der Waals surface area contributed by atoms with Crippen LogP contribution in [0.25, 0.3) is 0 Å². The van der Waals surface area contributed by atoms with Crippen LogP contribution >= 0.6 is 11.6 Å². The van der Waals surface area contributed by atoms with E-state index in [2.05, 4.69) is 45.1 Å². The molecule has 1 nitrogen and oxygen atoms in total. The lowest BCUT2D eigenvalue weighted by molar-refractivity contribution is 0.344. The maximum atomic E-state index is 5.92. The van der Waals surface area contributed by atoms with Crippen LogP contribution in [0.2, 0.25) is 5.02 Å². The molecule has 0 aromatic heterocycles. The van der Waals surface area contributed by atoms with Gasteiger partial charge in [0.25, 0.3) is 0 Å². The second-order valence-corrected chi connectivity index (χ2v) is 6.27. The first-order valence-corrected chi connectivity index (χ1v) is 6.79. The molecule has 1 rings (SSSR count). The molecule has 0 fully saturated rings. The van der Waals surface area contributed by atoms with E-state index < -0.39 is 0 Å². The molecule has 0 saturated carbocycles. The lowest BCUT2D eigenvalue weighted by Crippen LogP contribution is -2.30. The van der Waals surface area contributed by atoms with Crippen LogP contribution in [0.3, 0.4) is 0 Å². The maximum Gasteiger partial charge on any atom is 0.0406 e. The van der Waals surface area contributed by atoms with Crippen molar-refractivity contribution in [2.45, 2.75) is 46.6 Å².